The Labute approximate surface area is 77.5 Å². The summed E-state index contributed by atoms with van der Waals surface area (Å²) in [4.78, 5) is 0. The van der Waals surface area contributed by atoms with E-state index < -0.39 is 0 Å². The van der Waals surface area contributed by atoms with E-state index in [-0.39, 0.29) is 5.82 Å². The highest BCUT2D eigenvalue weighted by Gasteiger charge is 2.32. The van der Waals surface area contributed by atoms with Crippen molar-refractivity contribution in [3.8, 4) is 0 Å². The number of benzene rings is 1. The molecule has 2 heteroatoms. The topological polar surface area (TPSA) is 12.5 Å². The molecule has 70 valence electrons. The normalized spacial score (nSPS) is 22.8. The van der Waals surface area contributed by atoms with E-state index in [0.29, 0.717) is 12.0 Å². The maximum Gasteiger partial charge on any atom is 0.123 e. The Kier molecular flexibility index (Phi) is 2.32. The molecule has 2 atom stereocenters. The van der Waals surface area contributed by atoms with Gasteiger partial charge in [-0.1, -0.05) is 19.1 Å². The Hall–Kier alpha value is -0.890. The molecule has 2 rings (SSSR count). The van der Waals surface area contributed by atoms with Crippen molar-refractivity contribution in [2.75, 3.05) is 6.61 Å². The molecule has 13 heavy (non-hydrogen) atoms. The van der Waals surface area contributed by atoms with Gasteiger partial charge < -0.3 is 4.74 Å². The Bertz CT molecular complexity index is 277. The zero-order chi connectivity index (χ0) is 9.26. The lowest BCUT2D eigenvalue weighted by atomic mass is 9.94. The van der Waals surface area contributed by atoms with Crippen molar-refractivity contribution in [1.82, 2.24) is 0 Å². The fourth-order valence-corrected chi connectivity index (χ4v) is 1.71. The lowest BCUT2D eigenvalue weighted by Gasteiger charge is -2.11. The average Bonchev–Trinajstić information content (AvgIpc) is 2.93. The number of hydrogen-bond donors (Lipinski definition) is 0. The van der Waals surface area contributed by atoms with Crippen LogP contribution in [-0.4, -0.2) is 12.7 Å². The number of halogens is 1. The van der Waals surface area contributed by atoms with Crippen LogP contribution in [0.1, 0.15) is 24.8 Å². The van der Waals surface area contributed by atoms with Crippen LogP contribution in [0, 0.1) is 5.82 Å². The molecule has 1 nitrogen and oxygen atoms in total. The van der Waals surface area contributed by atoms with E-state index in [1.165, 1.54) is 17.7 Å². The first kappa shape index (κ1) is 8.70. The molecule has 1 aromatic carbocycles. The first-order valence-electron chi connectivity index (χ1n) is 4.68. The number of rotatable bonds is 3. The summed E-state index contributed by atoms with van der Waals surface area (Å²) in [5.74, 6) is 0.274. The SMILES string of the molecule is CCC(c1ccc(F)cc1)C1CO1. The quantitative estimate of drug-likeness (QED) is 0.651. The van der Waals surface area contributed by atoms with Gasteiger partial charge in [0.25, 0.3) is 0 Å². The Morgan fingerprint density at radius 2 is 2.08 bits per heavy atom. The van der Waals surface area contributed by atoms with Crippen LogP contribution in [0.3, 0.4) is 0 Å². The van der Waals surface area contributed by atoms with Gasteiger partial charge in [-0.25, -0.2) is 4.39 Å². The minimum absolute atomic E-state index is 0.171. The maximum atomic E-state index is 12.6. The molecule has 0 saturated carbocycles. The highest BCUT2D eigenvalue weighted by atomic mass is 19.1. The van der Waals surface area contributed by atoms with Crippen LogP contribution in [0.4, 0.5) is 4.39 Å². The van der Waals surface area contributed by atoms with E-state index in [1.54, 1.807) is 0 Å². The van der Waals surface area contributed by atoms with Crippen LogP contribution in [0.25, 0.3) is 0 Å². The summed E-state index contributed by atoms with van der Waals surface area (Å²) in [5.41, 5.74) is 1.19. The number of hydrogen-bond acceptors (Lipinski definition) is 1. The minimum atomic E-state index is -0.171. The van der Waals surface area contributed by atoms with E-state index in [1.807, 2.05) is 12.1 Å². The molecule has 1 aliphatic heterocycles. The molecule has 1 saturated heterocycles. The first-order chi connectivity index (χ1) is 6.31. The fourth-order valence-electron chi connectivity index (χ4n) is 1.71. The van der Waals surface area contributed by atoms with Crippen LogP contribution < -0.4 is 0 Å². The van der Waals surface area contributed by atoms with Gasteiger partial charge >= 0.3 is 0 Å². The van der Waals surface area contributed by atoms with E-state index in [0.717, 1.165) is 13.0 Å². The minimum Gasteiger partial charge on any atom is -0.372 e. The predicted molar refractivity (Wildman–Crippen MR) is 49.2 cm³/mol. The largest absolute Gasteiger partial charge is 0.372 e. The monoisotopic (exact) mass is 180 g/mol. The van der Waals surface area contributed by atoms with Crippen molar-refractivity contribution >= 4 is 0 Å². The third-order valence-corrected chi connectivity index (χ3v) is 2.55. The van der Waals surface area contributed by atoms with Gasteiger partial charge in [-0.15, -0.1) is 0 Å². The predicted octanol–water partition coefficient (Wildman–Crippen LogP) is 2.72. The number of ether oxygens (including phenoxy) is 1. The van der Waals surface area contributed by atoms with Crippen LogP contribution in [0.5, 0.6) is 0 Å². The van der Waals surface area contributed by atoms with Crippen LogP contribution in [-0.2, 0) is 4.74 Å². The smallest absolute Gasteiger partial charge is 0.123 e. The Balaban J connectivity index is 2.17. The van der Waals surface area contributed by atoms with Gasteiger partial charge in [-0.05, 0) is 24.1 Å². The molecule has 0 amide bonds. The molecule has 0 bridgehead atoms. The summed E-state index contributed by atoms with van der Waals surface area (Å²) in [6.45, 7) is 2.99. The standard InChI is InChI=1S/C11H13FO/c1-2-10(11-7-13-11)8-3-5-9(12)6-4-8/h3-6,10-11H,2,7H2,1H3. The van der Waals surface area contributed by atoms with E-state index in [9.17, 15) is 4.39 Å². The Morgan fingerprint density at radius 3 is 2.54 bits per heavy atom. The third-order valence-electron chi connectivity index (χ3n) is 2.55. The molecule has 2 unspecified atom stereocenters. The molecular weight excluding hydrogens is 167 g/mol. The molecule has 1 aromatic rings. The van der Waals surface area contributed by atoms with Gasteiger partial charge in [-0.3, -0.25) is 0 Å². The van der Waals surface area contributed by atoms with Gasteiger partial charge in [0.1, 0.15) is 5.82 Å². The summed E-state index contributed by atoms with van der Waals surface area (Å²) in [6.07, 6.45) is 1.42. The van der Waals surface area contributed by atoms with Gasteiger partial charge in [0, 0.05) is 5.92 Å². The Morgan fingerprint density at radius 1 is 1.46 bits per heavy atom. The van der Waals surface area contributed by atoms with Crippen molar-refractivity contribution in [1.29, 1.82) is 0 Å². The maximum absolute atomic E-state index is 12.6. The lowest BCUT2D eigenvalue weighted by molar-refractivity contribution is 0.369. The molecule has 0 radical (unpaired) electrons. The van der Waals surface area contributed by atoms with Crippen LogP contribution in [0.15, 0.2) is 24.3 Å². The first-order valence-corrected chi connectivity index (χ1v) is 4.68. The van der Waals surface area contributed by atoms with Crippen molar-refractivity contribution in [2.45, 2.75) is 25.4 Å². The van der Waals surface area contributed by atoms with Crippen molar-refractivity contribution < 1.29 is 9.13 Å². The lowest BCUT2D eigenvalue weighted by Crippen LogP contribution is -2.04. The second-order valence-electron chi connectivity index (χ2n) is 3.44. The summed E-state index contributed by atoms with van der Waals surface area (Å²) < 4.78 is 17.9. The second kappa shape index (κ2) is 3.46. The van der Waals surface area contributed by atoms with Gasteiger partial charge in [0.2, 0.25) is 0 Å². The van der Waals surface area contributed by atoms with Gasteiger partial charge in [0.05, 0.1) is 12.7 Å². The zero-order valence-electron chi connectivity index (χ0n) is 7.66. The summed E-state index contributed by atoms with van der Waals surface area (Å²) in [7, 11) is 0. The summed E-state index contributed by atoms with van der Waals surface area (Å²) in [6, 6.07) is 6.73. The van der Waals surface area contributed by atoms with Crippen molar-refractivity contribution in [3.05, 3.63) is 35.6 Å². The van der Waals surface area contributed by atoms with Gasteiger partial charge in [-0.2, -0.15) is 0 Å². The summed E-state index contributed by atoms with van der Waals surface area (Å²) in [5, 5.41) is 0. The molecule has 0 N–H and O–H groups in total. The van der Waals surface area contributed by atoms with Gasteiger partial charge in [0.15, 0.2) is 0 Å². The van der Waals surface area contributed by atoms with Crippen molar-refractivity contribution in [2.24, 2.45) is 0 Å². The van der Waals surface area contributed by atoms with E-state index in [2.05, 4.69) is 6.92 Å². The zero-order valence-corrected chi connectivity index (χ0v) is 7.66. The fraction of sp³-hybridized carbons (Fsp3) is 0.455. The molecule has 0 aliphatic carbocycles. The van der Waals surface area contributed by atoms with Crippen LogP contribution >= 0.6 is 0 Å². The van der Waals surface area contributed by atoms with E-state index >= 15 is 0 Å². The summed E-state index contributed by atoms with van der Waals surface area (Å²) >= 11 is 0. The highest BCUT2D eigenvalue weighted by molar-refractivity contribution is 5.22. The molecular formula is C11H13FO. The molecule has 1 aliphatic rings. The van der Waals surface area contributed by atoms with Crippen molar-refractivity contribution in [3.63, 3.8) is 0 Å². The highest BCUT2D eigenvalue weighted by Crippen LogP contribution is 2.32. The molecule has 0 spiro atoms. The average molecular weight is 180 g/mol. The number of epoxide rings is 1. The van der Waals surface area contributed by atoms with E-state index in [4.69, 9.17) is 4.74 Å². The molecule has 0 aromatic heterocycles. The van der Waals surface area contributed by atoms with Crippen LogP contribution in [0.2, 0.25) is 0 Å². The second-order valence-corrected chi connectivity index (χ2v) is 3.44. The third kappa shape index (κ3) is 1.89. The molecule has 1 fully saturated rings. The molecule has 1 heterocycles.